The maximum absolute atomic E-state index is 10.2. The van der Waals surface area contributed by atoms with Gasteiger partial charge in [-0.3, -0.25) is 0 Å². The van der Waals surface area contributed by atoms with Crippen LogP contribution in [0.2, 0.25) is 0 Å². The van der Waals surface area contributed by atoms with Crippen LogP contribution in [0.15, 0.2) is 16.8 Å². The van der Waals surface area contributed by atoms with Gasteiger partial charge in [-0.05, 0) is 17.9 Å². The number of carbonyl (C=O) groups is 1. The first-order valence-corrected chi connectivity index (χ1v) is 4.09. The Morgan fingerprint density at radius 3 is 2.38 bits per heavy atom. The van der Waals surface area contributed by atoms with Crippen LogP contribution in [0.25, 0.3) is 0 Å². The molecule has 0 saturated heterocycles. The summed E-state index contributed by atoms with van der Waals surface area (Å²) in [6.07, 6.45) is 3.62. The Kier molecular flexibility index (Phi) is 4.17. The number of nitrogens with two attached hydrogens (primary N) is 1. The maximum Gasteiger partial charge on any atom is 0.332 e. The number of hydrogen-bond acceptors (Lipinski definition) is 2. The smallest absolute Gasteiger partial charge is 0.332 e. The largest absolute Gasteiger partial charge is 0.350 e. The molecule has 0 spiro atoms. The van der Waals surface area contributed by atoms with Crippen LogP contribution in [-0.2, 0) is 0 Å². The number of amides is 2. The number of nitrogens with one attached hydrogen (secondary N) is 1. The molecule has 0 aliphatic rings. The first-order chi connectivity index (χ1) is 5.81. The van der Waals surface area contributed by atoms with E-state index in [-0.39, 0.29) is 5.41 Å². The van der Waals surface area contributed by atoms with E-state index in [0.29, 0.717) is 0 Å². The molecule has 74 valence electrons. The number of nitrogens with zero attached hydrogens (tertiary/aromatic N) is 1. The van der Waals surface area contributed by atoms with Gasteiger partial charge in [0.25, 0.3) is 0 Å². The summed E-state index contributed by atoms with van der Waals surface area (Å²) in [6, 6.07) is -0.653. The van der Waals surface area contributed by atoms with E-state index in [1.165, 1.54) is 0 Å². The van der Waals surface area contributed by atoms with E-state index in [9.17, 15) is 4.79 Å². The van der Waals surface area contributed by atoms with Crippen molar-refractivity contribution < 1.29 is 4.79 Å². The van der Waals surface area contributed by atoms with Gasteiger partial charge in [0.15, 0.2) is 0 Å². The maximum atomic E-state index is 10.2. The van der Waals surface area contributed by atoms with Gasteiger partial charge in [-0.25, -0.2) is 10.2 Å². The van der Waals surface area contributed by atoms with Crippen molar-refractivity contribution >= 4 is 12.2 Å². The third-order valence-corrected chi connectivity index (χ3v) is 1.10. The second-order valence-electron chi connectivity index (χ2n) is 3.99. The predicted molar refractivity (Wildman–Crippen MR) is 54.4 cm³/mol. The van der Waals surface area contributed by atoms with E-state index in [2.05, 4.69) is 37.4 Å². The van der Waals surface area contributed by atoms with Gasteiger partial charge in [-0.1, -0.05) is 26.8 Å². The molecule has 3 N–H and O–H groups in total. The Morgan fingerprint density at radius 1 is 1.46 bits per heavy atom. The van der Waals surface area contributed by atoms with Crippen LogP contribution in [0, 0.1) is 5.41 Å². The molecule has 0 heterocycles. The molecule has 4 heteroatoms. The van der Waals surface area contributed by atoms with Crippen LogP contribution >= 0.6 is 0 Å². The fraction of sp³-hybridized carbons (Fsp3) is 0.556. The predicted octanol–water partition coefficient (Wildman–Crippen LogP) is 1.63. The lowest BCUT2D eigenvalue weighted by Crippen LogP contribution is -2.24. The van der Waals surface area contributed by atoms with E-state index < -0.39 is 6.03 Å². The molecule has 0 aliphatic heterocycles. The highest BCUT2D eigenvalue weighted by Crippen LogP contribution is 2.16. The molecule has 0 aromatic rings. The van der Waals surface area contributed by atoms with Crippen LogP contribution in [-0.4, -0.2) is 12.2 Å². The summed E-state index contributed by atoms with van der Waals surface area (Å²) in [6.45, 7) is 8.18. The van der Waals surface area contributed by atoms with Crippen molar-refractivity contribution in [3.8, 4) is 0 Å². The zero-order valence-electron chi connectivity index (χ0n) is 8.59. The first kappa shape index (κ1) is 11.7. The van der Waals surface area contributed by atoms with Crippen LogP contribution in [0.4, 0.5) is 4.79 Å². The molecule has 0 aromatic carbocycles. The monoisotopic (exact) mass is 183 g/mol. The highest BCUT2D eigenvalue weighted by atomic mass is 16.2. The van der Waals surface area contributed by atoms with Gasteiger partial charge in [0.1, 0.15) is 0 Å². The molecule has 0 radical (unpaired) electrons. The van der Waals surface area contributed by atoms with Crippen LogP contribution in [0.5, 0.6) is 0 Å². The van der Waals surface area contributed by atoms with Crippen LogP contribution in [0.3, 0.4) is 0 Å². The number of hydrogen-bond donors (Lipinski definition) is 2. The van der Waals surface area contributed by atoms with E-state index in [1.807, 2.05) is 6.92 Å². The Labute approximate surface area is 78.9 Å². The lowest BCUT2D eigenvalue weighted by molar-refractivity contribution is 0.249. The SMILES string of the molecule is CC(/C=N/NC(N)=O)=C\C(C)(C)C. The lowest BCUT2D eigenvalue weighted by atomic mass is 9.94. The van der Waals surface area contributed by atoms with Gasteiger partial charge in [-0.2, -0.15) is 5.10 Å². The quantitative estimate of drug-likeness (QED) is 0.496. The van der Waals surface area contributed by atoms with E-state index >= 15 is 0 Å². The Hall–Kier alpha value is -1.32. The molecule has 0 aliphatic carbocycles. The van der Waals surface area contributed by atoms with Gasteiger partial charge >= 0.3 is 6.03 Å². The Bertz CT molecular complexity index is 236. The number of rotatable bonds is 2. The van der Waals surface area contributed by atoms with E-state index in [4.69, 9.17) is 5.73 Å². The summed E-state index contributed by atoms with van der Waals surface area (Å²) in [5.41, 5.74) is 8.05. The van der Waals surface area contributed by atoms with E-state index in [0.717, 1.165) is 5.57 Å². The summed E-state index contributed by atoms with van der Waals surface area (Å²) in [7, 11) is 0. The molecule has 4 nitrogen and oxygen atoms in total. The fourth-order valence-corrected chi connectivity index (χ4v) is 0.918. The van der Waals surface area contributed by atoms with E-state index in [1.54, 1.807) is 6.21 Å². The summed E-state index contributed by atoms with van der Waals surface area (Å²) in [5.74, 6) is 0. The topological polar surface area (TPSA) is 67.5 Å². The number of primary amides is 1. The molecule has 0 unspecified atom stereocenters. The summed E-state index contributed by atoms with van der Waals surface area (Å²) in [5, 5.41) is 3.64. The molecule has 0 atom stereocenters. The normalized spacial score (nSPS) is 13.4. The van der Waals surface area contributed by atoms with Crippen molar-refractivity contribution in [2.45, 2.75) is 27.7 Å². The fourth-order valence-electron chi connectivity index (χ4n) is 0.918. The molecule has 0 aromatic heterocycles. The molecule has 13 heavy (non-hydrogen) atoms. The third-order valence-electron chi connectivity index (χ3n) is 1.10. The van der Waals surface area contributed by atoms with Gasteiger partial charge in [0.2, 0.25) is 0 Å². The number of carbonyl (C=O) groups excluding carboxylic acids is 1. The Morgan fingerprint density at radius 2 is 2.00 bits per heavy atom. The standard InChI is InChI=1S/C9H17N3O/c1-7(5-9(2,3)4)6-11-12-8(10)13/h5-6H,1-4H3,(H3,10,12,13)/b7-5+,11-6+. The zero-order chi connectivity index (χ0) is 10.5. The minimum Gasteiger partial charge on any atom is -0.350 e. The second-order valence-corrected chi connectivity index (χ2v) is 3.99. The van der Waals surface area contributed by atoms with Crippen molar-refractivity contribution in [2.75, 3.05) is 0 Å². The second kappa shape index (κ2) is 4.64. The Balaban J connectivity index is 4.14. The average molecular weight is 183 g/mol. The zero-order valence-corrected chi connectivity index (χ0v) is 8.59. The van der Waals surface area contributed by atoms with Crippen molar-refractivity contribution in [3.05, 3.63) is 11.6 Å². The summed E-state index contributed by atoms with van der Waals surface area (Å²) < 4.78 is 0. The molecular weight excluding hydrogens is 166 g/mol. The number of urea groups is 1. The van der Waals surface area contributed by atoms with Gasteiger partial charge in [0, 0.05) is 6.21 Å². The molecule has 0 saturated carbocycles. The summed E-state index contributed by atoms with van der Waals surface area (Å²) in [4.78, 5) is 10.2. The highest BCUT2D eigenvalue weighted by molar-refractivity contribution is 5.80. The van der Waals surface area contributed by atoms with Crippen molar-refractivity contribution in [1.82, 2.24) is 5.43 Å². The summed E-state index contributed by atoms with van der Waals surface area (Å²) >= 11 is 0. The molecule has 0 fully saturated rings. The first-order valence-electron chi connectivity index (χ1n) is 4.09. The van der Waals surface area contributed by atoms with Crippen LogP contribution < -0.4 is 11.2 Å². The molecule has 0 bridgehead atoms. The van der Waals surface area contributed by atoms with Gasteiger partial charge in [0.05, 0.1) is 0 Å². The van der Waals surface area contributed by atoms with Gasteiger partial charge in [-0.15, -0.1) is 0 Å². The van der Waals surface area contributed by atoms with Gasteiger partial charge < -0.3 is 5.73 Å². The van der Waals surface area contributed by atoms with Crippen molar-refractivity contribution in [1.29, 1.82) is 0 Å². The number of allylic oxidation sites excluding steroid dienone is 2. The van der Waals surface area contributed by atoms with Crippen molar-refractivity contribution in [3.63, 3.8) is 0 Å². The highest BCUT2D eigenvalue weighted by Gasteiger charge is 2.04. The molecule has 2 amide bonds. The number of hydrazone groups is 1. The minimum absolute atomic E-state index is 0.114. The van der Waals surface area contributed by atoms with Crippen molar-refractivity contribution in [2.24, 2.45) is 16.3 Å². The third kappa shape index (κ3) is 8.59. The molecule has 0 rings (SSSR count). The molecular formula is C9H17N3O. The van der Waals surface area contributed by atoms with Crippen LogP contribution in [0.1, 0.15) is 27.7 Å². The average Bonchev–Trinajstić information content (AvgIpc) is 1.81. The lowest BCUT2D eigenvalue weighted by Gasteiger charge is -2.12. The minimum atomic E-state index is -0.653.